The van der Waals surface area contributed by atoms with Crippen LogP contribution in [-0.4, -0.2) is 17.3 Å². The van der Waals surface area contributed by atoms with Gasteiger partial charge in [-0.1, -0.05) is 75.4 Å². The molecule has 3 aromatic rings. The normalized spacial score (nSPS) is 12.6. The van der Waals surface area contributed by atoms with Crippen LogP contribution in [-0.2, 0) is 12.5 Å². The smallest absolute Gasteiger partial charge is 0.0596 e. The summed E-state index contributed by atoms with van der Waals surface area (Å²) in [5.41, 5.74) is 5.14. The number of rotatable bonds is 4. The molecule has 3 rings (SSSR count). The Balaban J connectivity index is 1.62. The monoisotopic (exact) mass is 330 g/mol. The fourth-order valence-corrected chi connectivity index (χ4v) is 2.92. The first-order valence-electron chi connectivity index (χ1n) is 8.76. The number of aryl methyl sites for hydroxylation is 1. The first kappa shape index (κ1) is 17.2. The van der Waals surface area contributed by atoms with Gasteiger partial charge in [0, 0.05) is 24.2 Å². The highest BCUT2D eigenvalue weighted by Gasteiger charge is 2.12. The molecule has 0 unspecified atom stereocenters. The van der Waals surface area contributed by atoms with Crippen molar-refractivity contribution in [1.29, 1.82) is 0 Å². The summed E-state index contributed by atoms with van der Waals surface area (Å²) in [6, 6.07) is 19.3. The van der Waals surface area contributed by atoms with Crippen LogP contribution >= 0.6 is 0 Å². The van der Waals surface area contributed by atoms with Crippen LogP contribution in [0.2, 0.25) is 0 Å². The topological polar surface area (TPSA) is 17.3 Å². The molecule has 0 spiro atoms. The van der Waals surface area contributed by atoms with Crippen LogP contribution in [0.25, 0.3) is 17.0 Å². The van der Waals surface area contributed by atoms with Gasteiger partial charge in [-0.2, -0.15) is 0 Å². The molecule has 1 heterocycles. The van der Waals surface area contributed by atoms with Crippen molar-refractivity contribution in [2.75, 3.05) is 6.54 Å². The second kappa shape index (κ2) is 7.10. The average molecular weight is 330 g/mol. The van der Waals surface area contributed by atoms with E-state index in [-0.39, 0.29) is 5.41 Å². The lowest BCUT2D eigenvalue weighted by Gasteiger charge is -2.18. The highest BCUT2D eigenvalue weighted by Crippen LogP contribution is 2.22. The van der Waals surface area contributed by atoms with Gasteiger partial charge in [0.1, 0.15) is 0 Å². The Morgan fingerprint density at radius 1 is 1.00 bits per heavy atom. The highest BCUT2D eigenvalue weighted by molar-refractivity contribution is 5.90. The van der Waals surface area contributed by atoms with Gasteiger partial charge in [-0.3, -0.25) is 4.99 Å². The summed E-state index contributed by atoms with van der Waals surface area (Å²) in [5, 5.41) is 1.25. The lowest BCUT2D eigenvalue weighted by atomic mass is 9.87. The average Bonchev–Trinajstić information content (AvgIpc) is 2.91. The molecule has 25 heavy (non-hydrogen) atoms. The van der Waals surface area contributed by atoms with Crippen molar-refractivity contribution in [3.8, 4) is 0 Å². The van der Waals surface area contributed by atoms with Gasteiger partial charge in [-0.25, -0.2) is 0 Å². The summed E-state index contributed by atoms with van der Waals surface area (Å²) in [4.78, 5) is 4.54. The minimum Gasteiger partial charge on any atom is -0.343 e. The van der Waals surface area contributed by atoms with Gasteiger partial charge < -0.3 is 4.57 Å². The Labute approximate surface area is 150 Å². The van der Waals surface area contributed by atoms with E-state index >= 15 is 0 Å². The van der Waals surface area contributed by atoms with Crippen molar-refractivity contribution in [1.82, 2.24) is 4.57 Å². The lowest BCUT2D eigenvalue weighted by molar-refractivity contribution is 0.590. The molecular weight excluding hydrogens is 304 g/mol. The van der Waals surface area contributed by atoms with Gasteiger partial charge in [0.25, 0.3) is 0 Å². The molecule has 0 fully saturated rings. The fraction of sp³-hybridized carbons (Fsp3) is 0.261. The van der Waals surface area contributed by atoms with Crippen LogP contribution in [0.3, 0.4) is 0 Å². The van der Waals surface area contributed by atoms with E-state index < -0.39 is 0 Å². The van der Waals surface area contributed by atoms with Crippen LogP contribution in [0.1, 0.15) is 37.6 Å². The van der Waals surface area contributed by atoms with Gasteiger partial charge in [0.05, 0.1) is 12.2 Å². The first-order valence-corrected chi connectivity index (χ1v) is 8.76. The molecule has 0 bridgehead atoms. The molecular formula is C23H26N2. The van der Waals surface area contributed by atoms with Gasteiger partial charge in [0.15, 0.2) is 0 Å². The standard InChI is InChI=1S/C23H26N2/c1-23(2,3)20-13-11-18(12-14-20)8-7-15-24-17-21-16-19-9-5-6-10-22(19)25(21)4/h5-14,16-17H,15H2,1-4H3/b8-7+,24-17?. The molecule has 0 saturated carbocycles. The van der Waals surface area contributed by atoms with Crippen molar-refractivity contribution in [2.45, 2.75) is 26.2 Å². The molecule has 128 valence electrons. The molecule has 2 heteroatoms. The number of fused-ring (bicyclic) bond motifs is 1. The maximum absolute atomic E-state index is 4.54. The first-order chi connectivity index (χ1) is 11.9. The minimum absolute atomic E-state index is 0.200. The van der Waals surface area contributed by atoms with Crippen LogP contribution in [0.4, 0.5) is 0 Å². The van der Waals surface area contributed by atoms with Crippen molar-refractivity contribution in [3.63, 3.8) is 0 Å². The highest BCUT2D eigenvalue weighted by atomic mass is 15.0. The Morgan fingerprint density at radius 3 is 2.40 bits per heavy atom. The predicted octanol–water partition coefficient (Wildman–Crippen LogP) is 5.61. The molecule has 0 radical (unpaired) electrons. The van der Waals surface area contributed by atoms with Crippen molar-refractivity contribution < 1.29 is 0 Å². The Kier molecular flexibility index (Phi) is 4.89. The zero-order valence-corrected chi connectivity index (χ0v) is 15.5. The summed E-state index contributed by atoms with van der Waals surface area (Å²) in [7, 11) is 2.08. The zero-order valence-electron chi connectivity index (χ0n) is 15.5. The largest absolute Gasteiger partial charge is 0.343 e. The third-order valence-electron chi connectivity index (χ3n) is 4.51. The van der Waals surface area contributed by atoms with Crippen LogP contribution in [0.5, 0.6) is 0 Å². The number of aliphatic imine (C=N–C) groups is 1. The van der Waals surface area contributed by atoms with Crippen LogP contribution in [0, 0.1) is 0 Å². The van der Waals surface area contributed by atoms with Crippen LogP contribution in [0.15, 0.2) is 65.7 Å². The van der Waals surface area contributed by atoms with E-state index in [2.05, 4.69) is 104 Å². The third-order valence-corrected chi connectivity index (χ3v) is 4.51. The summed E-state index contributed by atoms with van der Waals surface area (Å²) < 4.78 is 2.17. The fourth-order valence-electron chi connectivity index (χ4n) is 2.92. The molecule has 0 N–H and O–H groups in total. The maximum Gasteiger partial charge on any atom is 0.0596 e. The van der Waals surface area contributed by atoms with E-state index in [9.17, 15) is 0 Å². The molecule has 0 aliphatic carbocycles. The van der Waals surface area contributed by atoms with Gasteiger partial charge >= 0.3 is 0 Å². The van der Waals surface area contributed by atoms with Crippen molar-refractivity contribution >= 4 is 23.2 Å². The summed E-state index contributed by atoms with van der Waals surface area (Å²) >= 11 is 0. The molecule has 0 amide bonds. The third kappa shape index (κ3) is 4.08. The number of hydrogen-bond donors (Lipinski definition) is 0. The quantitative estimate of drug-likeness (QED) is 0.553. The lowest BCUT2D eigenvalue weighted by Crippen LogP contribution is -2.10. The molecule has 0 aliphatic heterocycles. The van der Waals surface area contributed by atoms with Gasteiger partial charge in [-0.15, -0.1) is 0 Å². The molecule has 0 atom stereocenters. The van der Waals surface area contributed by atoms with Crippen molar-refractivity contribution in [2.24, 2.45) is 12.0 Å². The molecule has 2 aromatic carbocycles. The number of nitrogens with zero attached hydrogens (tertiary/aromatic N) is 2. The number of hydrogen-bond acceptors (Lipinski definition) is 1. The zero-order chi connectivity index (χ0) is 17.9. The predicted molar refractivity (Wildman–Crippen MR) is 110 cm³/mol. The van der Waals surface area contributed by atoms with E-state index in [0.29, 0.717) is 6.54 Å². The van der Waals surface area contributed by atoms with E-state index in [4.69, 9.17) is 0 Å². The number of benzene rings is 2. The molecule has 2 nitrogen and oxygen atoms in total. The van der Waals surface area contributed by atoms with E-state index in [0.717, 1.165) is 5.69 Å². The summed E-state index contributed by atoms with van der Waals surface area (Å²) in [5.74, 6) is 0. The van der Waals surface area contributed by atoms with Gasteiger partial charge in [-0.05, 0) is 28.7 Å². The van der Waals surface area contributed by atoms with Gasteiger partial charge in [0.2, 0.25) is 0 Å². The summed E-state index contributed by atoms with van der Waals surface area (Å²) in [6.45, 7) is 7.39. The van der Waals surface area contributed by atoms with E-state index in [1.807, 2.05) is 6.21 Å². The molecule has 0 aliphatic rings. The van der Waals surface area contributed by atoms with Crippen molar-refractivity contribution in [3.05, 3.63) is 77.5 Å². The van der Waals surface area contributed by atoms with E-state index in [1.54, 1.807) is 0 Å². The second-order valence-electron chi connectivity index (χ2n) is 7.46. The Morgan fingerprint density at radius 2 is 1.72 bits per heavy atom. The Bertz CT molecular complexity index is 903. The maximum atomic E-state index is 4.54. The summed E-state index contributed by atoms with van der Waals surface area (Å²) in [6.07, 6.45) is 6.18. The SMILES string of the molecule is Cn1c(C=NC/C=C/c2ccc(C(C)(C)C)cc2)cc2ccccc21. The molecule has 0 saturated heterocycles. The minimum atomic E-state index is 0.200. The van der Waals surface area contributed by atoms with E-state index in [1.165, 1.54) is 22.0 Å². The van der Waals surface area contributed by atoms with Crippen LogP contribution < -0.4 is 0 Å². The number of aromatic nitrogens is 1. The second-order valence-corrected chi connectivity index (χ2v) is 7.46. The number of para-hydroxylation sites is 1. The Hall–Kier alpha value is -2.61. The molecule has 1 aromatic heterocycles.